The molecule has 0 aromatic heterocycles. The largest absolute Gasteiger partial charge is 0.398 e. The number of hydrogen-bond acceptors (Lipinski definition) is 3. The Hall–Kier alpha value is -1.06. The number of nitrogens with zero attached hydrogens (tertiary/aromatic N) is 1. The Labute approximate surface area is 104 Å². The molecule has 1 saturated heterocycles. The van der Waals surface area contributed by atoms with Crippen LogP contribution < -0.4 is 11.1 Å². The van der Waals surface area contributed by atoms with Gasteiger partial charge in [0.05, 0.1) is 0 Å². The highest BCUT2D eigenvalue weighted by atomic mass is 15.2. The smallest absolute Gasteiger partial charge is 0.0394 e. The Bertz CT molecular complexity index is 368. The Morgan fingerprint density at radius 1 is 1.29 bits per heavy atom. The highest BCUT2D eigenvalue weighted by Gasteiger charge is 2.13. The van der Waals surface area contributed by atoms with E-state index in [1.54, 1.807) is 0 Å². The predicted octanol–water partition coefficient (Wildman–Crippen LogP) is 1.80. The second-order valence-electron chi connectivity index (χ2n) is 5.10. The SMILES string of the molecule is CC(C)c1cccc(CN2CCNCC2)c1N. The van der Waals surface area contributed by atoms with Gasteiger partial charge in [0.15, 0.2) is 0 Å². The average Bonchev–Trinajstić information content (AvgIpc) is 2.33. The molecule has 0 amide bonds. The van der Waals surface area contributed by atoms with E-state index in [1.165, 1.54) is 11.1 Å². The van der Waals surface area contributed by atoms with Crippen LogP contribution in [0.4, 0.5) is 5.69 Å². The zero-order valence-corrected chi connectivity index (χ0v) is 10.9. The van der Waals surface area contributed by atoms with Gasteiger partial charge in [-0.15, -0.1) is 0 Å². The summed E-state index contributed by atoms with van der Waals surface area (Å²) in [6, 6.07) is 6.42. The van der Waals surface area contributed by atoms with Gasteiger partial charge in [0.25, 0.3) is 0 Å². The van der Waals surface area contributed by atoms with Crippen molar-refractivity contribution in [3.63, 3.8) is 0 Å². The Morgan fingerprint density at radius 2 is 2.00 bits per heavy atom. The van der Waals surface area contributed by atoms with Crippen LogP contribution in [0.25, 0.3) is 0 Å². The van der Waals surface area contributed by atoms with Gasteiger partial charge in [0.1, 0.15) is 0 Å². The molecule has 1 aromatic carbocycles. The minimum atomic E-state index is 0.498. The van der Waals surface area contributed by atoms with Crippen LogP contribution in [-0.4, -0.2) is 31.1 Å². The van der Waals surface area contributed by atoms with Gasteiger partial charge in [0, 0.05) is 38.4 Å². The van der Waals surface area contributed by atoms with Crippen molar-refractivity contribution in [1.82, 2.24) is 10.2 Å². The van der Waals surface area contributed by atoms with Crippen LogP contribution in [0.1, 0.15) is 30.9 Å². The molecule has 0 spiro atoms. The lowest BCUT2D eigenvalue weighted by Gasteiger charge is -2.28. The van der Waals surface area contributed by atoms with Crippen molar-refractivity contribution < 1.29 is 0 Å². The number of nitrogens with two attached hydrogens (primary N) is 1. The fourth-order valence-corrected chi connectivity index (χ4v) is 2.38. The third kappa shape index (κ3) is 2.99. The molecule has 1 aliphatic rings. The summed E-state index contributed by atoms with van der Waals surface area (Å²) in [4.78, 5) is 2.46. The van der Waals surface area contributed by atoms with Crippen molar-refractivity contribution in [3.8, 4) is 0 Å². The third-order valence-corrected chi connectivity index (χ3v) is 3.46. The van der Waals surface area contributed by atoms with Gasteiger partial charge in [-0.3, -0.25) is 4.90 Å². The van der Waals surface area contributed by atoms with Crippen molar-refractivity contribution in [3.05, 3.63) is 29.3 Å². The van der Waals surface area contributed by atoms with Crippen LogP contribution >= 0.6 is 0 Å². The molecule has 3 heteroatoms. The fourth-order valence-electron chi connectivity index (χ4n) is 2.38. The number of piperazine rings is 1. The van der Waals surface area contributed by atoms with Crippen molar-refractivity contribution in [2.24, 2.45) is 0 Å². The van der Waals surface area contributed by atoms with Crippen molar-refractivity contribution in [2.75, 3.05) is 31.9 Å². The van der Waals surface area contributed by atoms with Crippen LogP contribution in [0, 0.1) is 0 Å². The normalized spacial score (nSPS) is 17.6. The van der Waals surface area contributed by atoms with Crippen molar-refractivity contribution in [2.45, 2.75) is 26.3 Å². The topological polar surface area (TPSA) is 41.3 Å². The molecule has 0 bridgehead atoms. The Balaban J connectivity index is 2.12. The zero-order chi connectivity index (χ0) is 12.3. The molecular formula is C14H23N3. The molecule has 1 heterocycles. The first kappa shape index (κ1) is 12.4. The molecule has 94 valence electrons. The summed E-state index contributed by atoms with van der Waals surface area (Å²) in [5.41, 5.74) is 9.80. The van der Waals surface area contributed by atoms with Gasteiger partial charge >= 0.3 is 0 Å². The highest BCUT2D eigenvalue weighted by Crippen LogP contribution is 2.25. The number of hydrogen-bond donors (Lipinski definition) is 2. The van der Waals surface area contributed by atoms with Gasteiger partial charge in [-0.2, -0.15) is 0 Å². The fraction of sp³-hybridized carbons (Fsp3) is 0.571. The maximum Gasteiger partial charge on any atom is 0.0394 e. The summed E-state index contributed by atoms with van der Waals surface area (Å²) in [7, 11) is 0. The van der Waals surface area contributed by atoms with E-state index >= 15 is 0 Å². The minimum absolute atomic E-state index is 0.498. The molecule has 3 N–H and O–H groups in total. The molecular weight excluding hydrogens is 210 g/mol. The summed E-state index contributed by atoms with van der Waals surface area (Å²) in [6.07, 6.45) is 0. The molecule has 1 aromatic rings. The standard InChI is InChI=1S/C14H23N3/c1-11(2)13-5-3-4-12(14(13)15)10-17-8-6-16-7-9-17/h3-5,11,16H,6-10,15H2,1-2H3. The summed E-state index contributed by atoms with van der Waals surface area (Å²) in [5.74, 6) is 0.498. The lowest BCUT2D eigenvalue weighted by Crippen LogP contribution is -2.43. The summed E-state index contributed by atoms with van der Waals surface area (Å²) < 4.78 is 0. The molecule has 0 saturated carbocycles. The van der Waals surface area contributed by atoms with Crippen molar-refractivity contribution >= 4 is 5.69 Å². The molecule has 1 fully saturated rings. The van der Waals surface area contributed by atoms with Crippen LogP contribution in [0.3, 0.4) is 0 Å². The van der Waals surface area contributed by atoms with Gasteiger partial charge < -0.3 is 11.1 Å². The molecule has 0 unspecified atom stereocenters. The Kier molecular flexibility index (Phi) is 4.02. The van der Waals surface area contributed by atoms with Crippen molar-refractivity contribution in [1.29, 1.82) is 0 Å². The third-order valence-electron chi connectivity index (χ3n) is 3.46. The van der Waals surface area contributed by atoms with Crippen LogP contribution in [0.5, 0.6) is 0 Å². The summed E-state index contributed by atoms with van der Waals surface area (Å²) in [5, 5.41) is 3.37. The minimum Gasteiger partial charge on any atom is -0.398 e. The predicted molar refractivity (Wildman–Crippen MR) is 73.1 cm³/mol. The second-order valence-corrected chi connectivity index (χ2v) is 5.10. The number of para-hydroxylation sites is 1. The number of anilines is 1. The molecule has 0 radical (unpaired) electrons. The van der Waals surface area contributed by atoms with E-state index in [1.807, 2.05) is 0 Å². The number of benzene rings is 1. The van der Waals surface area contributed by atoms with E-state index in [-0.39, 0.29) is 0 Å². The summed E-state index contributed by atoms with van der Waals surface area (Å²) in [6.45, 7) is 9.78. The van der Waals surface area contributed by atoms with E-state index in [4.69, 9.17) is 5.73 Å². The first-order valence-electron chi connectivity index (χ1n) is 6.49. The lowest BCUT2D eigenvalue weighted by atomic mass is 9.98. The van der Waals surface area contributed by atoms with Crippen LogP contribution in [0.2, 0.25) is 0 Å². The van der Waals surface area contributed by atoms with E-state index in [0.717, 1.165) is 38.4 Å². The van der Waals surface area contributed by atoms with Gasteiger partial charge in [-0.05, 0) is 17.0 Å². The molecule has 0 aliphatic carbocycles. The van der Waals surface area contributed by atoms with Crippen LogP contribution in [0.15, 0.2) is 18.2 Å². The first-order valence-corrected chi connectivity index (χ1v) is 6.49. The van der Waals surface area contributed by atoms with E-state index < -0.39 is 0 Å². The van der Waals surface area contributed by atoms with Gasteiger partial charge in [-0.25, -0.2) is 0 Å². The molecule has 0 atom stereocenters. The van der Waals surface area contributed by atoms with E-state index in [0.29, 0.717) is 5.92 Å². The maximum absolute atomic E-state index is 6.26. The van der Waals surface area contributed by atoms with E-state index in [2.05, 4.69) is 42.3 Å². The second kappa shape index (κ2) is 5.52. The maximum atomic E-state index is 6.26. The Morgan fingerprint density at radius 3 is 2.65 bits per heavy atom. The van der Waals surface area contributed by atoms with Crippen LogP contribution in [-0.2, 0) is 6.54 Å². The zero-order valence-electron chi connectivity index (χ0n) is 10.9. The molecule has 2 rings (SSSR count). The molecule has 3 nitrogen and oxygen atoms in total. The highest BCUT2D eigenvalue weighted by molar-refractivity contribution is 5.55. The monoisotopic (exact) mass is 233 g/mol. The number of nitrogen functional groups attached to an aromatic ring is 1. The van der Waals surface area contributed by atoms with E-state index in [9.17, 15) is 0 Å². The summed E-state index contributed by atoms with van der Waals surface area (Å²) >= 11 is 0. The van der Waals surface area contributed by atoms with Gasteiger partial charge in [0.2, 0.25) is 0 Å². The number of rotatable bonds is 3. The first-order chi connectivity index (χ1) is 8.18. The lowest BCUT2D eigenvalue weighted by molar-refractivity contribution is 0.233. The molecule has 1 aliphatic heterocycles. The number of nitrogens with one attached hydrogen (secondary N) is 1. The average molecular weight is 233 g/mol. The molecule has 17 heavy (non-hydrogen) atoms. The quantitative estimate of drug-likeness (QED) is 0.782. The van der Waals surface area contributed by atoms with Gasteiger partial charge in [-0.1, -0.05) is 32.0 Å².